The van der Waals surface area contributed by atoms with Crippen molar-refractivity contribution in [1.29, 1.82) is 0 Å². The first-order valence-corrected chi connectivity index (χ1v) is 5.01. The van der Waals surface area contributed by atoms with Crippen molar-refractivity contribution in [3.8, 4) is 11.1 Å². The maximum absolute atomic E-state index is 5.62. The van der Waals surface area contributed by atoms with E-state index in [1.54, 1.807) is 0 Å². The lowest BCUT2D eigenvalue weighted by Gasteiger charge is -2.06. The second-order valence-corrected chi connectivity index (χ2v) is 3.60. The van der Waals surface area contributed by atoms with Gasteiger partial charge in [0.15, 0.2) is 0 Å². The topological polar surface area (TPSA) is 38.9 Å². The summed E-state index contributed by atoms with van der Waals surface area (Å²) >= 11 is 0. The highest BCUT2D eigenvalue weighted by Gasteiger charge is 2.01. The molecule has 15 heavy (non-hydrogen) atoms. The number of hydrogen-bond acceptors (Lipinski definition) is 2. The Bertz CT molecular complexity index is 464. The van der Waals surface area contributed by atoms with E-state index in [4.69, 9.17) is 5.73 Å². The van der Waals surface area contributed by atoms with E-state index in [0.29, 0.717) is 6.54 Å². The fraction of sp³-hybridized carbons (Fsp3) is 0.154. The van der Waals surface area contributed by atoms with E-state index in [1.807, 2.05) is 30.6 Å². The number of aryl methyl sites for hydroxylation is 1. The van der Waals surface area contributed by atoms with E-state index in [0.717, 1.165) is 5.56 Å². The molecular weight excluding hydrogens is 184 g/mol. The van der Waals surface area contributed by atoms with Gasteiger partial charge in [-0.25, -0.2) is 0 Å². The Morgan fingerprint density at radius 2 is 2.13 bits per heavy atom. The van der Waals surface area contributed by atoms with Crippen LogP contribution in [0, 0.1) is 6.92 Å². The molecule has 0 spiro atoms. The molecule has 2 rings (SSSR count). The number of aromatic nitrogens is 1. The lowest BCUT2D eigenvalue weighted by molar-refractivity contribution is 1.07. The highest BCUT2D eigenvalue weighted by Crippen LogP contribution is 2.22. The SMILES string of the molecule is Cc1ccncc1-c1cccc(CN)c1. The molecule has 0 saturated carbocycles. The van der Waals surface area contributed by atoms with Gasteiger partial charge in [-0.1, -0.05) is 18.2 Å². The lowest BCUT2D eigenvalue weighted by Crippen LogP contribution is -1.96. The van der Waals surface area contributed by atoms with Crippen LogP contribution in [0.25, 0.3) is 11.1 Å². The average molecular weight is 198 g/mol. The van der Waals surface area contributed by atoms with Crippen LogP contribution in [0.3, 0.4) is 0 Å². The van der Waals surface area contributed by atoms with Crippen LogP contribution >= 0.6 is 0 Å². The van der Waals surface area contributed by atoms with Crippen LogP contribution in [0.2, 0.25) is 0 Å². The van der Waals surface area contributed by atoms with Crippen LogP contribution in [0.1, 0.15) is 11.1 Å². The predicted octanol–water partition coefficient (Wildman–Crippen LogP) is 2.52. The van der Waals surface area contributed by atoms with Gasteiger partial charge in [0.25, 0.3) is 0 Å². The molecule has 0 atom stereocenters. The summed E-state index contributed by atoms with van der Waals surface area (Å²) < 4.78 is 0. The Morgan fingerprint density at radius 3 is 2.87 bits per heavy atom. The summed E-state index contributed by atoms with van der Waals surface area (Å²) in [6.45, 7) is 2.67. The summed E-state index contributed by atoms with van der Waals surface area (Å²) in [7, 11) is 0. The van der Waals surface area contributed by atoms with E-state index < -0.39 is 0 Å². The molecule has 0 saturated heterocycles. The molecule has 0 unspecified atom stereocenters. The van der Waals surface area contributed by atoms with Gasteiger partial charge in [0.05, 0.1) is 0 Å². The van der Waals surface area contributed by atoms with Crippen molar-refractivity contribution in [3.05, 3.63) is 53.9 Å². The van der Waals surface area contributed by atoms with Gasteiger partial charge in [-0.05, 0) is 35.7 Å². The third-order valence-electron chi connectivity index (χ3n) is 2.51. The maximum Gasteiger partial charge on any atom is 0.0349 e. The summed E-state index contributed by atoms with van der Waals surface area (Å²) in [6.07, 6.45) is 3.70. The zero-order chi connectivity index (χ0) is 10.7. The van der Waals surface area contributed by atoms with Crippen molar-refractivity contribution in [2.75, 3.05) is 0 Å². The molecule has 1 aromatic carbocycles. The molecule has 2 N–H and O–H groups in total. The van der Waals surface area contributed by atoms with Crippen LogP contribution in [0.15, 0.2) is 42.7 Å². The molecule has 0 aliphatic heterocycles. The number of pyridine rings is 1. The monoisotopic (exact) mass is 198 g/mol. The Kier molecular flexibility index (Phi) is 2.79. The van der Waals surface area contributed by atoms with Gasteiger partial charge in [-0.3, -0.25) is 4.98 Å². The van der Waals surface area contributed by atoms with Crippen LogP contribution in [0.4, 0.5) is 0 Å². The van der Waals surface area contributed by atoms with Gasteiger partial charge in [0.1, 0.15) is 0 Å². The van der Waals surface area contributed by atoms with Gasteiger partial charge < -0.3 is 5.73 Å². The van der Waals surface area contributed by atoms with Gasteiger partial charge in [0.2, 0.25) is 0 Å². The summed E-state index contributed by atoms with van der Waals surface area (Å²) in [6, 6.07) is 10.3. The minimum Gasteiger partial charge on any atom is -0.326 e. The first-order valence-electron chi connectivity index (χ1n) is 5.01. The number of benzene rings is 1. The smallest absolute Gasteiger partial charge is 0.0349 e. The minimum absolute atomic E-state index is 0.577. The Labute approximate surface area is 89.8 Å². The molecule has 0 radical (unpaired) electrons. The van der Waals surface area contributed by atoms with Crippen molar-refractivity contribution < 1.29 is 0 Å². The highest BCUT2D eigenvalue weighted by atomic mass is 14.6. The molecule has 0 aliphatic rings. The van der Waals surface area contributed by atoms with Crippen LogP contribution in [-0.4, -0.2) is 4.98 Å². The Balaban J connectivity index is 2.49. The molecule has 76 valence electrons. The lowest BCUT2D eigenvalue weighted by atomic mass is 10.0. The molecule has 0 amide bonds. The molecule has 1 aromatic heterocycles. The summed E-state index contributed by atoms with van der Waals surface area (Å²) in [5.74, 6) is 0. The number of rotatable bonds is 2. The Morgan fingerprint density at radius 1 is 1.27 bits per heavy atom. The summed E-state index contributed by atoms with van der Waals surface area (Å²) in [5.41, 5.74) is 10.4. The zero-order valence-electron chi connectivity index (χ0n) is 8.77. The molecule has 2 aromatic rings. The van der Waals surface area contributed by atoms with E-state index in [2.05, 4.69) is 24.0 Å². The second-order valence-electron chi connectivity index (χ2n) is 3.60. The van der Waals surface area contributed by atoms with E-state index >= 15 is 0 Å². The third-order valence-corrected chi connectivity index (χ3v) is 2.51. The van der Waals surface area contributed by atoms with E-state index in [-0.39, 0.29) is 0 Å². The van der Waals surface area contributed by atoms with Gasteiger partial charge in [-0.2, -0.15) is 0 Å². The van der Waals surface area contributed by atoms with Gasteiger partial charge in [0, 0.05) is 24.5 Å². The fourth-order valence-corrected chi connectivity index (χ4v) is 1.63. The molecule has 0 aliphatic carbocycles. The number of nitrogens with two attached hydrogens (primary N) is 1. The summed E-state index contributed by atoms with van der Waals surface area (Å²) in [4.78, 5) is 4.15. The van der Waals surface area contributed by atoms with Crippen molar-refractivity contribution in [1.82, 2.24) is 4.98 Å². The predicted molar refractivity (Wildman–Crippen MR) is 62.3 cm³/mol. The van der Waals surface area contributed by atoms with Crippen LogP contribution in [-0.2, 0) is 6.54 Å². The summed E-state index contributed by atoms with van der Waals surface area (Å²) in [5, 5.41) is 0. The van der Waals surface area contributed by atoms with Gasteiger partial charge in [-0.15, -0.1) is 0 Å². The van der Waals surface area contributed by atoms with Crippen LogP contribution < -0.4 is 5.73 Å². The number of nitrogens with zero attached hydrogens (tertiary/aromatic N) is 1. The van der Waals surface area contributed by atoms with Crippen molar-refractivity contribution in [2.45, 2.75) is 13.5 Å². The zero-order valence-corrected chi connectivity index (χ0v) is 8.77. The van der Waals surface area contributed by atoms with Crippen molar-refractivity contribution in [3.63, 3.8) is 0 Å². The van der Waals surface area contributed by atoms with Gasteiger partial charge >= 0.3 is 0 Å². The van der Waals surface area contributed by atoms with E-state index in [1.165, 1.54) is 16.7 Å². The van der Waals surface area contributed by atoms with Crippen molar-refractivity contribution >= 4 is 0 Å². The fourth-order valence-electron chi connectivity index (χ4n) is 1.63. The molecule has 0 bridgehead atoms. The first kappa shape index (κ1) is 9.87. The normalized spacial score (nSPS) is 10.3. The average Bonchev–Trinajstić information content (AvgIpc) is 2.30. The second kappa shape index (κ2) is 4.24. The molecule has 2 heteroatoms. The highest BCUT2D eigenvalue weighted by molar-refractivity contribution is 5.66. The quantitative estimate of drug-likeness (QED) is 0.805. The Hall–Kier alpha value is -1.67. The number of hydrogen-bond donors (Lipinski definition) is 1. The first-order chi connectivity index (χ1) is 7.31. The molecule has 0 fully saturated rings. The maximum atomic E-state index is 5.62. The van der Waals surface area contributed by atoms with Crippen molar-refractivity contribution in [2.24, 2.45) is 5.73 Å². The minimum atomic E-state index is 0.577. The molecular formula is C13H14N2. The molecule has 2 nitrogen and oxygen atoms in total. The third kappa shape index (κ3) is 2.05. The van der Waals surface area contributed by atoms with E-state index in [9.17, 15) is 0 Å². The standard InChI is InChI=1S/C13H14N2/c1-10-5-6-15-9-13(10)12-4-2-3-11(7-12)8-14/h2-7,9H,8,14H2,1H3. The van der Waals surface area contributed by atoms with Crippen LogP contribution in [0.5, 0.6) is 0 Å². The molecule has 1 heterocycles. The largest absolute Gasteiger partial charge is 0.326 e.